The molecule has 1 aliphatic heterocycles. The summed E-state index contributed by atoms with van der Waals surface area (Å²) in [6.45, 7) is 2.80. The number of piperazine rings is 1. The van der Waals surface area contributed by atoms with Gasteiger partial charge in [-0.05, 0) is 24.3 Å². The predicted molar refractivity (Wildman–Crippen MR) is 106 cm³/mol. The van der Waals surface area contributed by atoms with E-state index in [1.54, 1.807) is 30.6 Å². The second-order valence-electron chi connectivity index (χ2n) is 6.06. The van der Waals surface area contributed by atoms with Crippen LogP contribution < -0.4 is 9.64 Å². The maximum atomic E-state index is 12.7. The van der Waals surface area contributed by atoms with E-state index in [4.69, 9.17) is 21.3 Å². The number of nitrogens with zero attached hydrogens (tertiary/aromatic N) is 3. The molecule has 1 fully saturated rings. The van der Waals surface area contributed by atoms with Gasteiger partial charge in [-0.1, -0.05) is 41.1 Å². The minimum Gasteiger partial charge on any atom is -0.494 e. The van der Waals surface area contributed by atoms with Crippen LogP contribution in [-0.2, 0) is 0 Å². The largest absolute Gasteiger partial charge is 0.494 e. The highest BCUT2D eigenvalue weighted by atomic mass is 35.5. The summed E-state index contributed by atoms with van der Waals surface area (Å²) in [5.74, 6) is 0.777. The van der Waals surface area contributed by atoms with Gasteiger partial charge in [0.05, 0.1) is 22.4 Å². The molecular formula is C19H18ClN3O2S. The summed E-state index contributed by atoms with van der Waals surface area (Å²) in [5, 5.41) is 1.47. The van der Waals surface area contributed by atoms with E-state index in [2.05, 4.69) is 11.0 Å². The number of aromatic nitrogens is 1. The van der Waals surface area contributed by atoms with Gasteiger partial charge in [0, 0.05) is 26.2 Å². The zero-order chi connectivity index (χ0) is 18.1. The van der Waals surface area contributed by atoms with Crippen LogP contribution in [0.3, 0.4) is 0 Å². The van der Waals surface area contributed by atoms with Crippen molar-refractivity contribution in [1.29, 1.82) is 0 Å². The number of fused-ring (bicyclic) bond motifs is 1. The second kappa shape index (κ2) is 7.13. The Balaban J connectivity index is 1.49. The van der Waals surface area contributed by atoms with E-state index in [1.807, 2.05) is 29.2 Å². The highest BCUT2D eigenvalue weighted by Crippen LogP contribution is 2.34. The van der Waals surface area contributed by atoms with E-state index in [-0.39, 0.29) is 5.91 Å². The van der Waals surface area contributed by atoms with Crippen molar-refractivity contribution in [1.82, 2.24) is 9.88 Å². The average Bonchev–Trinajstić information content (AvgIpc) is 3.12. The molecule has 0 atom stereocenters. The van der Waals surface area contributed by atoms with Gasteiger partial charge in [-0.25, -0.2) is 4.98 Å². The van der Waals surface area contributed by atoms with Crippen LogP contribution in [0.5, 0.6) is 5.75 Å². The van der Waals surface area contributed by atoms with E-state index in [0.29, 0.717) is 23.7 Å². The molecule has 1 amide bonds. The lowest BCUT2D eigenvalue weighted by atomic mass is 10.2. The molecule has 1 aliphatic rings. The molecule has 26 heavy (non-hydrogen) atoms. The lowest BCUT2D eigenvalue weighted by molar-refractivity contribution is 0.0747. The van der Waals surface area contributed by atoms with E-state index in [9.17, 15) is 4.79 Å². The first-order chi connectivity index (χ1) is 12.7. The van der Waals surface area contributed by atoms with Crippen LogP contribution in [0.15, 0.2) is 42.5 Å². The molecule has 1 aromatic heterocycles. The van der Waals surface area contributed by atoms with Gasteiger partial charge in [0.2, 0.25) is 0 Å². The highest BCUT2D eigenvalue weighted by molar-refractivity contribution is 7.22. The molecule has 3 aromatic rings. The zero-order valence-corrected chi connectivity index (χ0v) is 15.9. The monoisotopic (exact) mass is 387 g/mol. The maximum Gasteiger partial charge on any atom is 0.255 e. The third-order valence-corrected chi connectivity index (χ3v) is 5.94. The average molecular weight is 388 g/mol. The van der Waals surface area contributed by atoms with Crippen molar-refractivity contribution < 1.29 is 9.53 Å². The van der Waals surface area contributed by atoms with Crippen LogP contribution in [-0.4, -0.2) is 49.1 Å². The second-order valence-corrected chi connectivity index (χ2v) is 7.48. The van der Waals surface area contributed by atoms with Gasteiger partial charge in [-0.2, -0.15) is 0 Å². The third-order valence-electron chi connectivity index (χ3n) is 4.53. The molecule has 0 saturated carbocycles. The number of methoxy groups -OCH3 is 1. The molecule has 2 heterocycles. The number of benzene rings is 2. The van der Waals surface area contributed by atoms with Gasteiger partial charge in [0.15, 0.2) is 5.13 Å². The Kier molecular flexibility index (Phi) is 4.70. The van der Waals surface area contributed by atoms with E-state index in [1.165, 1.54) is 0 Å². The topological polar surface area (TPSA) is 45.7 Å². The number of amides is 1. The zero-order valence-electron chi connectivity index (χ0n) is 14.3. The molecule has 0 bridgehead atoms. The third kappa shape index (κ3) is 3.10. The molecule has 4 rings (SSSR count). The molecule has 2 aromatic carbocycles. The van der Waals surface area contributed by atoms with Gasteiger partial charge in [0.25, 0.3) is 5.91 Å². The summed E-state index contributed by atoms with van der Waals surface area (Å²) in [6, 6.07) is 13.1. The minimum atomic E-state index is -0.0128. The number of ether oxygens (including phenoxy) is 1. The first kappa shape index (κ1) is 17.1. The fourth-order valence-electron chi connectivity index (χ4n) is 3.12. The lowest BCUT2D eigenvalue weighted by Gasteiger charge is -2.34. The highest BCUT2D eigenvalue weighted by Gasteiger charge is 2.25. The Bertz CT molecular complexity index is 951. The minimum absolute atomic E-state index is 0.0128. The Morgan fingerprint density at radius 3 is 2.62 bits per heavy atom. The smallest absolute Gasteiger partial charge is 0.255 e. The van der Waals surface area contributed by atoms with Crippen LogP contribution in [0.4, 0.5) is 5.13 Å². The summed E-state index contributed by atoms with van der Waals surface area (Å²) in [4.78, 5) is 21.5. The quantitative estimate of drug-likeness (QED) is 0.683. The number of thiazole rings is 1. The maximum absolute atomic E-state index is 12.7. The number of carbonyl (C=O) groups excluding carboxylic acids is 1. The molecule has 134 valence electrons. The molecular weight excluding hydrogens is 370 g/mol. The summed E-state index contributed by atoms with van der Waals surface area (Å²) < 4.78 is 6.50. The van der Waals surface area contributed by atoms with Gasteiger partial charge in [-0.3, -0.25) is 4.79 Å². The number of halogens is 1. The fourth-order valence-corrected chi connectivity index (χ4v) is 4.37. The standard InChI is InChI=1S/C19H18ClN3O2S/c1-25-15-7-4-8-16-17(15)21-19(26-16)23-11-9-22(10-12-23)18(24)13-5-2-3-6-14(13)20/h2-8H,9-12H2,1H3. The first-order valence-corrected chi connectivity index (χ1v) is 9.59. The van der Waals surface area contributed by atoms with Gasteiger partial charge in [-0.15, -0.1) is 0 Å². The number of rotatable bonds is 3. The van der Waals surface area contributed by atoms with Crippen LogP contribution in [0.2, 0.25) is 5.02 Å². The number of hydrogen-bond donors (Lipinski definition) is 0. The Morgan fingerprint density at radius 2 is 1.88 bits per heavy atom. The predicted octanol–water partition coefficient (Wildman–Crippen LogP) is 3.92. The van der Waals surface area contributed by atoms with E-state index in [0.717, 1.165) is 34.2 Å². The van der Waals surface area contributed by atoms with Crippen molar-refractivity contribution in [3.8, 4) is 5.75 Å². The van der Waals surface area contributed by atoms with Crippen LogP contribution in [0, 0.1) is 0 Å². The van der Waals surface area contributed by atoms with Crippen molar-refractivity contribution in [3.05, 3.63) is 53.1 Å². The number of carbonyl (C=O) groups is 1. The van der Waals surface area contributed by atoms with E-state index < -0.39 is 0 Å². The normalized spacial score (nSPS) is 14.7. The van der Waals surface area contributed by atoms with Crippen LogP contribution >= 0.6 is 22.9 Å². The van der Waals surface area contributed by atoms with Crippen molar-refractivity contribution in [2.24, 2.45) is 0 Å². The van der Waals surface area contributed by atoms with Gasteiger partial charge >= 0.3 is 0 Å². The molecule has 5 nitrogen and oxygen atoms in total. The van der Waals surface area contributed by atoms with Crippen molar-refractivity contribution >= 4 is 44.2 Å². The molecule has 0 radical (unpaired) electrons. The number of para-hydroxylation sites is 1. The summed E-state index contributed by atoms with van der Waals surface area (Å²) in [7, 11) is 1.66. The molecule has 7 heteroatoms. The SMILES string of the molecule is COc1cccc2sc(N3CCN(C(=O)c4ccccc4Cl)CC3)nc12. The van der Waals surface area contributed by atoms with Crippen molar-refractivity contribution in [2.45, 2.75) is 0 Å². The summed E-state index contributed by atoms with van der Waals surface area (Å²) >= 11 is 7.81. The lowest BCUT2D eigenvalue weighted by Crippen LogP contribution is -2.48. The van der Waals surface area contributed by atoms with E-state index >= 15 is 0 Å². The van der Waals surface area contributed by atoms with Gasteiger partial charge < -0.3 is 14.5 Å². The molecule has 0 unspecified atom stereocenters. The fraction of sp³-hybridized carbons (Fsp3) is 0.263. The molecule has 1 saturated heterocycles. The molecule has 0 spiro atoms. The Hall–Kier alpha value is -2.31. The van der Waals surface area contributed by atoms with Crippen molar-refractivity contribution in [3.63, 3.8) is 0 Å². The van der Waals surface area contributed by atoms with Gasteiger partial charge in [0.1, 0.15) is 11.3 Å². The van der Waals surface area contributed by atoms with Crippen LogP contribution in [0.1, 0.15) is 10.4 Å². The first-order valence-electron chi connectivity index (χ1n) is 8.39. The molecule has 0 N–H and O–H groups in total. The van der Waals surface area contributed by atoms with Crippen LogP contribution in [0.25, 0.3) is 10.2 Å². The Labute approximate surface area is 160 Å². The summed E-state index contributed by atoms with van der Waals surface area (Å²) in [6.07, 6.45) is 0. The number of hydrogen-bond acceptors (Lipinski definition) is 5. The molecule has 0 aliphatic carbocycles. The Morgan fingerprint density at radius 1 is 1.12 bits per heavy atom. The number of anilines is 1. The summed E-state index contributed by atoms with van der Waals surface area (Å²) in [5.41, 5.74) is 1.46. The van der Waals surface area contributed by atoms with Crippen molar-refractivity contribution in [2.75, 3.05) is 38.2 Å².